The molecule has 0 fully saturated rings. The second-order valence-electron chi connectivity index (χ2n) is 5.35. The Hall–Kier alpha value is -2.35. The Morgan fingerprint density at radius 2 is 1.96 bits per heavy atom. The van der Waals surface area contributed by atoms with Gasteiger partial charge in [-0.15, -0.1) is 11.3 Å². The molecule has 2 aromatic heterocycles. The maximum absolute atomic E-state index is 12.1. The van der Waals surface area contributed by atoms with Crippen molar-refractivity contribution in [2.75, 3.05) is 0 Å². The van der Waals surface area contributed by atoms with E-state index in [4.69, 9.17) is 0 Å². The summed E-state index contributed by atoms with van der Waals surface area (Å²) in [6, 6.07) is 13.1. The zero-order valence-electron chi connectivity index (χ0n) is 13.6. The first-order chi connectivity index (χ1) is 12.0. The zero-order valence-corrected chi connectivity index (χ0v) is 15.2. The number of pyridine rings is 1. The largest absolute Gasteiger partial charge is 0.264 e. The first-order valence-corrected chi connectivity index (χ1v) is 9.99. The Labute approximate surface area is 151 Å². The molecule has 0 saturated carbocycles. The monoisotopic (exact) mass is 371 g/mol. The predicted octanol–water partition coefficient (Wildman–Crippen LogP) is 3.60. The number of aryl methyl sites for hydroxylation is 1. The highest BCUT2D eigenvalue weighted by Gasteiger charge is 2.12. The molecule has 5 nitrogen and oxygen atoms in total. The second-order valence-corrected chi connectivity index (χ2v) is 8.08. The van der Waals surface area contributed by atoms with Gasteiger partial charge in [0.1, 0.15) is 5.01 Å². The van der Waals surface area contributed by atoms with Gasteiger partial charge in [0.15, 0.2) is 0 Å². The summed E-state index contributed by atoms with van der Waals surface area (Å²) >= 11 is 1.47. The van der Waals surface area contributed by atoms with Crippen molar-refractivity contribution in [3.05, 3.63) is 76.4 Å². The van der Waals surface area contributed by atoms with Crippen LogP contribution in [0.4, 0.5) is 0 Å². The molecular weight excluding hydrogens is 354 g/mol. The fraction of sp³-hybridized carbons (Fsp3) is 0.111. The lowest BCUT2D eigenvalue weighted by Gasteiger charge is -2.01. The summed E-state index contributed by atoms with van der Waals surface area (Å²) < 4.78 is 26.9. The number of benzene rings is 1. The molecular formula is C18H17N3O2S2. The number of hydrogen-bond donors (Lipinski definition) is 1. The van der Waals surface area contributed by atoms with Crippen molar-refractivity contribution in [1.82, 2.24) is 14.7 Å². The van der Waals surface area contributed by atoms with Crippen molar-refractivity contribution in [2.24, 2.45) is 0 Å². The molecule has 7 heteroatoms. The van der Waals surface area contributed by atoms with Gasteiger partial charge in [-0.25, -0.2) is 18.1 Å². The summed E-state index contributed by atoms with van der Waals surface area (Å²) in [6.45, 7) is 2.09. The molecule has 1 aromatic carbocycles. The van der Waals surface area contributed by atoms with Crippen LogP contribution in [0, 0.1) is 6.92 Å². The Balaban J connectivity index is 1.69. The van der Waals surface area contributed by atoms with Crippen molar-refractivity contribution in [1.29, 1.82) is 0 Å². The summed E-state index contributed by atoms with van der Waals surface area (Å²) in [6.07, 6.45) is 5.02. The number of thiazole rings is 1. The van der Waals surface area contributed by atoms with E-state index < -0.39 is 10.0 Å². The van der Waals surface area contributed by atoms with Crippen LogP contribution in [-0.4, -0.2) is 18.4 Å². The molecule has 0 bridgehead atoms. The SMILES string of the molecule is Cc1nc(-c2cccnc2)sc1CNS(=O)(=O)/C=C/c1ccccc1. The quantitative estimate of drug-likeness (QED) is 0.718. The average Bonchev–Trinajstić information content (AvgIpc) is 3.01. The van der Waals surface area contributed by atoms with Gasteiger partial charge in [0, 0.05) is 34.8 Å². The van der Waals surface area contributed by atoms with Crippen molar-refractivity contribution >= 4 is 27.4 Å². The van der Waals surface area contributed by atoms with E-state index in [9.17, 15) is 8.42 Å². The van der Waals surface area contributed by atoms with Gasteiger partial charge in [0.2, 0.25) is 10.0 Å². The van der Waals surface area contributed by atoms with Gasteiger partial charge in [-0.1, -0.05) is 30.3 Å². The van der Waals surface area contributed by atoms with Crippen molar-refractivity contribution in [3.63, 3.8) is 0 Å². The van der Waals surface area contributed by atoms with E-state index in [0.717, 1.165) is 26.7 Å². The van der Waals surface area contributed by atoms with E-state index in [1.807, 2.05) is 49.4 Å². The van der Waals surface area contributed by atoms with Gasteiger partial charge >= 0.3 is 0 Å². The highest BCUT2D eigenvalue weighted by molar-refractivity contribution is 7.92. The van der Waals surface area contributed by atoms with E-state index in [1.54, 1.807) is 18.5 Å². The zero-order chi connectivity index (χ0) is 17.7. The molecule has 2 heterocycles. The lowest BCUT2D eigenvalue weighted by molar-refractivity contribution is 0.591. The minimum atomic E-state index is -3.51. The Morgan fingerprint density at radius 3 is 2.68 bits per heavy atom. The molecule has 3 aromatic rings. The molecule has 1 N–H and O–H groups in total. The van der Waals surface area contributed by atoms with E-state index in [0.29, 0.717) is 0 Å². The van der Waals surface area contributed by atoms with Crippen LogP contribution in [0.3, 0.4) is 0 Å². The van der Waals surface area contributed by atoms with Crippen LogP contribution >= 0.6 is 11.3 Å². The number of nitrogens with zero attached hydrogens (tertiary/aromatic N) is 2. The van der Waals surface area contributed by atoms with Crippen LogP contribution in [-0.2, 0) is 16.6 Å². The van der Waals surface area contributed by atoms with Crippen LogP contribution in [0.15, 0.2) is 60.3 Å². The number of aromatic nitrogens is 2. The summed E-state index contributed by atoms with van der Waals surface area (Å²) in [7, 11) is -3.51. The summed E-state index contributed by atoms with van der Waals surface area (Å²) in [5.41, 5.74) is 2.58. The molecule has 0 amide bonds. The Bertz CT molecular complexity index is 966. The molecule has 3 rings (SSSR count). The van der Waals surface area contributed by atoms with E-state index in [-0.39, 0.29) is 6.54 Å². The Morgan fingerprint density at radius 1 is 1.16 bits per heavy atom. The van der Waals surface area contributed by atoms with Crippen LogP contribution in [0.25, 0.3) is 16.6 Å². The fourth-order valence-corrected chi connectivity index (χ4v) is 4.01. The van der Waals surface area contributed by atoms with Gasteiger partial charge in [-0.2, -0.15) is 0 Å². The molecule has 0 spiro atoms. The van der Waals surface area contributed by atoms with Gasteiger partial charge in [-0.3, -0.25) is 4.98 Å². The number of rotatable bonds is 6. The topological polar surface area (TPSA) is 72.0 Å². The highest BCUT2D eigenvalue weighted by Crippen LogP contribution is 2.27. The molecule has 0 aliphatic rings. The first-order valence-electron chi connectivity index (χ1n) is 7.63. The molecule has 25 heavy (non-hydrogen) atoms. The van der Waals surface area contributed by atoms with Gasteiger partial charge in [-0.05, 0) is 30.7 Å². The molecule has 0 aliphatic heterocycles. The molecule has 128 valence electrons. The molecule has 0 aliphatic carbocycles. The Kier molecular flexibility index (Phi) is 5.37. The number of sulfonamides is 1. The molecule has 0 saturated heterocycles. The molecule has 0 atom stereocenters. The molecule has 0 radical (unpaired) electrons. The number of hydrogen-bond acceptors (Lipinski definition) is 5. The van der Waals surface area contributed by atoms with Gasteiger partial charge in [0.25, 0.3) is 0 Å². The maximum atomic E-state index is 12.1. The predicted molar refractivity (Wildman–Crippen MR) is 101 cm³/mol. The van der Waals surface area contributed by atoms with Crippen LogP contribution in [0.2, 0.25) is 0 Å². The minimum Gasteiger partial charge on any atom is -0.264 e. The normalized spacial score (nSPS) is 11.9. The van der Waals surface area contributed by atoms with Crippen molar-refractivity contribution < 1.29 is 8.42 Å². The number of nitrogens with one attached hydrogen (secondary N) is 1. The van der Waals surface area contributed by atoms with Crippen LogP contribution < -0.4 is 4.72 Å². The van der Waals surface area contributed by atoms with Gasteiger partial charge in [0.05, 0.1) is 5.69 Å². The smallest absolute Gasteiger partial charge is 0.234 e. The third-order valence-electron chi connectivity index (χ3n) is 3.47. The fourth-order valence-electron chi connectivity index (χ4n) is 2.15. The van der Waals surface area contributed by atoms with E-state index in [1.165, 1.54) is 16.7 Å². The summed E-state index contributed by atoms with van der Waals surface area (Å²) in [5, 5.41) is 2.01. The summed E-state index contributed by atoms with van der Waals surface area (Å²) in [5.74, 6) is 0. The van der Waals surface area contributed by atoms with Crippen molar-refractivity contribution in [3.8, 4) is 10.6 Å². The maximum Gasteiger partial charge on any atom is 0.234 e. The lowest BCUT2D eigenvalue weighted by Crippen LogP contribution is -2.20. The van der Waals surface area contributed by atoms with E-state index in [2.05, 4.69) is 14.7 Å². The standard InChI is InChI=1S/C18H17N3O2S2/c1-14-17(24-18(21-14)16-8-5-10-19-12-16)13-20-25(22,23)11-9-15-6-3-2-4-7-15/h2-12,20H,13H2,1H3/b11-9+. The first kappa shape index (κ1) is 17.5. The third-order valence-corrected chi connectivity index (χ3v) is 5.72. The summed E-state index contributed by atoms with van der Waals surface area (Å²) in [4.78, 5) is 9.47. The van der Waals surface area contributed by atoms with Crippen LogP contribution in [0.5, 0.6) is 0 Å². The van der Waals surface area contributed by atoms with E-state index >= 15 is 0 Å². The van der Waals surface area contributed by atoms with Crippen LogP contribution in [0.1, 0.15) is 16.1 Å². The lowest BCUT2D eigenvalue weighted by atomic mass is 10.2. The minimum absolute atomic E-state index is 0.214. The average molecular weight is 371 g/mol. The third kappa shape index (κ3) is 4.82. The van der Waals surface area contributed by atoms with Crippen molar-refractivity contribution in [2.45, 2.75) is 13.5 Å². The van der Waals surface area contributed by atoms with Gasteiger partial charge < -0.3 is 0 Å². The second kappa shape index (κ2) is 7.69. The molecule has 0 unspecified atom stereocenters. The highest BCUT2D eigenvalue weighted by atomic mass is 32.2.